The van der Waals surface area contributed by atoms with Crippen molar-refractivity contribution in [2.75, 3.05) is 25.0 Å². The first-order valence-electron chi connectivity index (χ1n) is 7.47. The Labute approximate surface area is 126 Å². The molecule has 2 aromatic rings. The third-order valence-electron chi connectivity index (χ3n) is 3.57. The number of furan rings is 1. The smallest absolute Gasteiger partial charge is 0.129 e. The first-order chi connectivity index (χ1) is 10.1. The number of hydrogen-bond acceptors (Lipinski definition) is 5. The van der Waals surface area contributed by atoms with Gasteiger partial charge in [-0.15, -0.1) is 0 Å². The first-order valence-corrected chi connectivity index (χ1v) is 7.47. The Kier molecular flexibility index (Phi) is 5.33. The second kappa shape index (κ2) is 7.22. The highest BCUT2D eigenvalue weighted by Gasteiger charge is 2.20. The highest BCUT2D eigenvalue weighted by molar-refractivity contribution is 5.36. The predicted molar refractivity (Wildman–Crippen MR) is 84.4 cm³/mol. The molecule has 5 nitrogen and oxygen atoms in total. The van der Waals surface area contributed by atoms with Gasteiger partial charge in [-0.1, -0.05) is 13.8 Å². The van der Waals surface area contributed by atoms with Crippen LogP contribution in [-0.2, 0) is 0 Å². The standard InChI is InChI=1S/C16H24N4O/c1-5-20(6-2)14(15-8-7-9-21-15)11-17-16-10-12(3)18-13(4)19-16/h7-10,14H,5-6,11H2,1-4H3,(H,17,18,19). The summed E-state index contributed by atoms with van der Waals surface area (Å²) >= 11 is 0. The van der Waals surface area contributed by atoms with Crippen molar-refractivity contribution >= 4 is 5.82 Å². The van der Waals surface area contributed by atoms with E-state index >= 15 is 0 Å². The van der Waals surface area contributed by atoms with Gasteiger partial charge in [0.1, 0.15) is 17.4 Å². The minimum absolute atomic E-state index is 0.200. The van der Waals surface area contributed by atoms with Gasteiger partial charge < -0.3 is 9.73 Å². The summed E-state index contributed by atoms with van der Waals surface area (Å²) < 4.78 is 5.60. The summed E-state index contributed by atoms with van der Waals surface area (Å²) in [5.41, 5.74) is 0.974. The Morgan fingerprint density at radius 1 is 1.24 bits per heavy atom. The van der Waals surface area contributed by atoms with Crippen LogP contribution < -0.4 is 5.32 Å². The maximum atomic E-state index is 5.60. The number of rotatable bonds is 7. The molecule has 0 spiro atoms. The topological polar surface area (TPSA) is 54.2 Å². The van der Waals surface area contributed by atoms with Crippen molar-refractivity contribution in [1.82, 2.24) is 14.9 Å². The van der Waals surface area contributed by atoms with Crippen LogP contribution >= 0.6 is 0 Å². The number of nitrogens with zero attached hydrogens (tertiary/aromatic N) is 3. The number of hydrogen-bond donors (Lipinski definition) is 1. The molecule has 1 N–H and O–H groups in total. The van der Waals surface area contributed by atoms with Crippen molar-refractivity contribution in [3.8, 4) is 0 Å². The van der Waals surface area contributed by atoms with Gasteiger partial charge in [-0.05, 0) is 39.1 Å². The summed E-state index contributed by atoms with van der Waals surface area (Å²) in [6, 6.07) is 6.13. The molecule has 0 radical (unpaired) electrons. The molecule has 0 aliphatic rings. The van der Waals surface area contributed by atoms with Crippen molar-refractivity contribution < 1.29 is 4.42 Å². The zero-order valence-corrected chi connectivity index (χ0v) is 13.3. The molecule has 0 bridgehead atoms. The molecular formula is C16H24N4O. The predicted octanol–water partition coefficient (Wildman–Crippen LogP) is 3.18. The average molecular weight is 288 g/mol. The van der Waals surface area contributed by atoms with Gasteiger partial charge in [0.2, 0.25) is 0 Å². The zero-order valence-electron chi connectivity index (χ0n) is 13.3. The Morgan fingerprint density at radius 3 is 2.57 bits per heavy atom. The lowest BCUT2D eigenvalue weighted by molar-refractivity contribution is 0.202. The van der Waals surface area contributed by atoms with E-state index < -0.39 is 0 Å². The molecule has 2 aromatic heterocycles. The van der Waals surface area contributed by atoms with Crippen LogP contribution in [0.2, 0.25) is 0 Å². The Hall–Kier alpha value is -1.88. The largest absolute Gasteiger partial charge is 0.468 e. The van der Waals surface area contributed by atoms with Gasteiger partial charge in [-0.3, -0.25) is 4.90 Å². The monoisotopic (exact) mass is 288 g/mol. The van der Waals surface area contributed by atoms with E-state index in [2.05, 4.69) is 34.0 Å². The lowest BCUT2D eigenvalue weighted by Gasteiger charge is -2.28. The molecule has 1 unspecified atom stereocenters. The third-order valence-corrected chi connectivity index (χ3v) is 3.57. The van der Waals surface area contributed by atoms with Crippen molar-refractivity contribution in [2.45, 2.75) is 33.7 Å². The first kappa shape index (κ1) is 15.5. The summed E-state index contributed by atoms with van der Waals surface area (Å²) in [6.45, 7) is 10.9. The third kappa shape index (κ3) is 4.04. The van der Waals surface area contributed by atoms with Gasteiger partial charge in [0.25, 0.3) is 0 Å². The Balaban J connectivity index is 2.12. The number of aryl methyl sites for hydroxylation is 2. The molecule has 0 aromatic carbocycles. The van der Waals surface area contributed by atoms with Gasteiger partial charge in [-0.25, -0.2) is 9.97 Å². The molecule has 21 heavy (non-hydrogen) atoms. The Bertz CT molecular complexity index is 529. The second-order valence-electron chi connectivity index (χ2n) is 5.08. The maximum Gasteiger partial charge on any atom is 0.129 e. The number of anilines is 1. The van der Waals surface area contributed by atoms with Crippen LogP contribution in [0.1, 0.15) is 37.2 Å². The van der Waals surface area contributed by atoms with Gasteiger partial charge in [0.15, 0.2) is 0 Å². The average Bonchev–Trinajstić information content (AvgIpc) is 2.96. The molecule has 0 saturated heterocycles. The lowest BCUT2D eigenvalue weighted by Crippen LogP contribution is -2.33. The van der Waals surface area contributed by atoms with E-state index in [0.29, 0.717) is 0 Å². The molecular weight excluding hydrogens is 264 g/mol. The van der Waals surface area contributed by atoms with E-state index in [-0.39, 0.29) is 6.04 Å². The molecule has 0 fully saturated rings. The molecule has 1 atom stereocenters. The van der Waals surface area contributed by atoms with Crippen LogP contribution in [0.15, 0.2) is 28.9 Å². The lowest BCUT2D eigenvalue weighted by atomic mass is 10.2. The highest BCUT2D eigenvalue weighted by Crippen LogP contribution is 2.21. The minimum Gasteiger partial charge on any atom is -0.468 e. The van der Waals surface area contributed by atoms with Crippen LogP contribution in [0.3, 0.4) is 0 Å². The fourth-order valence-corrected chi connectivity index (χ4v) is 2.56. The Morgan fingerprint density at radius 2 is 2.00 bits per heavy atom. The zero-order chi connectivity index (χ0) is 15.2. The number of likely N-dealkylation sites (N-methyl/N-ethyl adjacent to an activating group) is 1. The van der Waals surface area contributed by atoms with E-state index in [0.717, 1.165) is 42.7 Å². The minimum atomic E-state index is 0.200. The van der Waals surface area contributed by atoms with E-state index in [1.54, 1.807) is 6.26 Å². The van der Waals surface area contributed by atoms with Gasteiger partial charge >= 0.3 is 0 Å². The molecule has 0 aliphatic carbocycles. The van der Waals surface area contributed by atoms with Crippen LogP contribution in [0.25, 0.3) is 0 Å². The summed E-state index contributed by atoms with van der Waals surface area (Å²) in [4.78, 5) is 11.1. The summed E-state index contributed by atoms with van der Waals surface area (Å²) in [7, 11) is 0. The van der Waals surface area contributed by atoms with Crippen LogP contribution in [0.5, 0.6) is 0 Å². The normalized spacial score (nSPS) is 12.6. The van der Waals surface area contributed by atoms with Crippen LogP contribution in [0, 0.1) is 13.8 Å². The van der Waals surface area contributed by atoms with Crippen molar-refractivity contribution in [2.24, 2.45) is 0 Å². The van der Waals surface area contributed by atoms with Gasteiger partial charge in [0, 0.05) is 18.3 Å². The van der Waals surface area contributed by atoms with Crippen LogP contribution in [0.4, 0.5) is 5.82 Å². The van der Waals surface area contributed by atoms with Crippen molar-refractivity contribution in [3.63, 3.8) is 0 Å². The number of aromatic nitrogens is 2. The SMILES string of the molecule is CCN(CC)C(CNc1cc(C)nc(C)n1)c1ccco1. The summed E-state index contributed by atoms with van der Waals surface area (Å²) in [5.74, 6) is 2.63. The van der Waals surface area contributed by atoms with Crippen molar-refractivity contribution in [1.29, 1.82) is 0 Å². The van der Waals surface area contributed by atoms with E-state index in [9.17, 15) is 0 Å². The van der Waals surface area contributed by atoms with E-state index in [4.69, 9.17) is 4.42 Å². The van der Waals surface area contributed by atoms with Crippen LogP contribution in [-0.4, -0.2) is 34.5 Å². The highest BCUT2D eigenvalue weighted by atomic mass is 16.3. The molecule has 2 heterocycles. The molecule has 0 amide bonds. The molecule has 0 aliphatic heterocycles. The maximum absolute atomic E-state index is 5.60. The summed E-state index contributed by atoms with van der Waals surface area (Å²) in [6.07, 6.45) is 1.73. The fraction of sp³-hybridized carbons (Fsp3) is 0.500. The molecule has 5 heteroatoms. The molecule has 114 valence electrons. The van der Waals surface area contributed by atoms with E-state index in [1.165, 1.54) is 0 Å². The molecule has 2 rings (SSSR count). The van der Waals surface area contributed by atoms with Crippen molar-refractivity contribution in [3.05, 3.63) is 41.7 Å². The van der Waals surface area contributed by atoms with Gasteiger partial charge in [-0.2, -0.15) is 0 Å². The van der Waals surface area contributed by atoms with Gasteiger partial charge in [0.05, 0.1) is 12.3 Å². The quantitative estimate of drug-likeness (QED) is 0.848. The number of nitrogens with one attached hydrogen (secondary N) is 1. The second-order valence-corrected chi connectivity index (χ2v) is 5.08. The molecule has 0 saturated carbocycles. The fourth-order valence-electron chi connectivity index (χ4n) is 2.56. The van der Waals surface area contributed by atoms with E-state index in [1.807, 2.05) is 32.0 Å². The summed E-state index contributed by atoms with van der Waals surface area (Å²) in [5, 5.41) is 3.41.